The fourth-order valence-corrected chi connectivity index (χ4v) is 4.51. The molecule has 0 spiro atoms. The Morgan fingerprint density at radius 2 is 1.66 bits per heavy atom. The molecule has 0 aliphatic carbocycles. The number of hydrogen-bond acceptors (Lipinski definition) is 3. The van der Waals surface area contributed by atoms with Crippen molar-refractivity contribution >= 4 is 28.6 Å². The number of nitrogens with one attached hydrogen (secondary N) is 1. The van der Waals surface area contributed by atoms with Crippen molar-refractivity contribution in [2.45, 2.75) is 29.6 Å². The molecule has 1 aromatic heterocycles. The highest BCUT2D eigenvalue weighted by Gasteiger charge is 2.16. The molecule has 4 rings (SSSR count). The monoisotopic (exact) mass is 401 g/mol. The second-order valence-electron chi connectivity index (χ2n) is 7.12. The van der Waals surface area contributed by atoms with Gasteiger partial charge in [-0.25, -0.2) is 0 Å². The number of ether oxygens (including phenoxy) is 1. The maximum Gasteiger partial charge on any atom is 0.312 e. The summed E-state index contributed by atoms with van der Waals surface area (Å²) in [5.41, 5.74) is 5.55. The van der Waals surface area contributed by atoms with Crippen molar-refractivity contribution in [1.29, 1.82) is 0 Å². The van der Waals surface area contributed by atoms with E-state index in [1.165, 1.54) is 28.0 Å². The number of benzene rings is 3. The summed E-state index contributed by atoms with van der Waals surface area (Å²) < 4.78 is 4.85. The predicted octanol–water partition coefficient (Wildman–Crippen LogP) is 6.57. The van der Waals surface area contributed by atoms with E-state index in [9.17, 15) is 4.79 Å². The normalized spacial score (nSPS) is 12.1. The Morgan fingerprint density at radius 1 is 0.966 bits per heavy atom. The number of carbonyl (C=O) groups is 1. The summed E-state index contributed by atoms with van der Waals surface area (Å²) in [5, 5.41) is 1.22. The minimum atomic E-state index is -0.266. The van der Waals surface area contributed by atoms with Crippen molar-refractivity contribution in [1.82, 2.24) is 4.98 Å². The quantitative estimate of drug-likeness (QED) is 0.385. The molecule has 1 atom stereocenters. The van der Waals surface area contributed by atoms with Crippen molar-refractivity contribution in [2.75, 3.05) is 7.11 Å². The summed E-state index contributed by atoms with van der Waals surface area (Å²) in [7, 11) is 1.42. The Morgan fingerprint density at radius 3 is 2.34 bits per heavy atom. The molecule has 0 fully saturated rings. The summed E-state index contributed by atoms with van der Waals surface area (Å²) in [5.74, 6) is -0.484. The predicted molar refractivity (Wildman–Crippen MR) is 119 cm³/mol. The van der Waals surface area contributed by atoms with Gasteiger partial charge in [0.15, 0.2) is 0 Å². The van der Waals surface area contributed by atoms with Crippen molar-refractivity contribution in [3.8, 4) is 11.1 Å². The molecule has 29 heavy (non-hydrogen) atoms. The molecule has 3 aromatic carbocycles. The van der Waals surface area contributed by atoms with Crippen molar-refractivity contribution in [2.24, 2.45) is 0 Å². The number of rotatable bonds is 5. The third-order valence-corrected chi connectivity index (χ3v) is 6.43. The maximum atomic E-state index is 11.8. The smallest absolute Gasteiger partial charge is 0.312 e. The Kier molecular flexibility index (Phi) is 5.45. The fourth-order valence-electron chi connectivity index (χ4n) is 3.50. The molecule has 0 aliphatic rings. The standard InChI is InChI=1S/C25H23NO2S/c1-16(25(27)28-3)18-9-11-19(12-10-18)20-13-14-23-22(15-20)24(17(2)26-23)29-21-7-5-4-6-8-21/h4-16,26H,1-3H3. The van der Waals surface area contributed by atoms with Crippen molar-refractivity contribution in [3.63, 3.8) is 0 Å². The fraction of sp³-hybridized carbons (Fsp3) is 0.160. The van der Waals surface area contributed by atoms with Gasteiger partial charge in [-0.05, 0) is 54.8 Å². The number of hydrogen-bond donors (Lipinski definition) is 1. The van der Waals surface area contributed by atoms with Crippen LogP contribution in [0, 0.1) is 6.92 Å². The highest BCUT2D eigenvalue weighted by Crippen LogP contribution is 2.38. The van der Waals surface area contributed by atoms with Crippen LogP contribution in [0.15, 0.2) is 82.6 Å². The zero-order valence-electron chi connectivity index (χ0n) is 16.7. The van der Waals surface area contributed by atoms with E-state index in [4.69, 9.17) is 4.74 Å². The van der Waals surface area contributed by atoms with Gasteiger partial charge in [0.2, 0.25) is 0 Å². The largest absolute Gasteiger partial charge is 0.469 e. The summed E-state index contributed by atoms with van der Waals surface area (Å²) in [4.78, 5) is 17.8. The Bertz CT molecular complexity index is 1150. The lowest BCUT2D eigenvalue weighted by Crippen LogP contribution is -2.10. The molecule has 1 N–H and O–H groups in total. The molecular weight excluding hydrogens is 378 g/mol. The molecule has 1 unspecified atom stereocenters. The molecule has 0 bridgehead atoms. The zero-order chi connectivity index (χ0) is 20.4. The van der Waals surface area contributed by atoms with Gasteiger partial charge in [0.25, 0.3) is 0 Å². The Hall–Kier alpha value is -2.98. The van der Waals surface area contributed by atoms with Gasteiger partial charge in [0, 0.05) is 26.4 Å². The molecule has 1 heterocycles. The second kappa shape index (κ2) is 8.18. The van der Waals surface area contributed by atoms with Gasteiger partial charge in [0.1, 0.15) is 0 Å². The summed E-state index contributed by atoms with van der Waals surface area (Å²) in [6.07, 6.45) is 0. The number of aromatic nitrogens is 1. The maximum absolute atomic E-state index is 11.8. The van der Waals surface area contributed by atoms with E-state index in [0.29, 0.717) is 0 Å². The number of fused-ring (bicyclic) bond motifs is 1. The average molecular weight is 402 g/mol. The van der Waals surface area contributed by atoms with Gasteiger partial charge in [0.05, 0.1) is 13.0 Å². The molecule has 3 nitrogen and oxygen atoms in total. The van der Waals surface area contributed by atoms with Crippen LogP contribution in [0.2, 0.25) is 0 Å². The highest BCUT2D eigenvalue weighted by atomic mass is 32.2. The first-order valence-electron chi connectivity index (χ1n) is 9.60. The van der Waals surface area contributed by atoms with E-state index in [1.807, 2.05) is 25.1 Å². The van der Waals surface area contributed by atoms with Crippen LogP contribution in [0.3, 0.4) is 0 Å². The summed E-state index contributed by atoms with van der Waals surface area (Å²) >= 11 is 1.78. The van der Waals surface area contributed by atoms with Gasteiger partial charge in [-0.15, -0.1) is 0 Å². The second-order valence-corrected chi connectivity index (χ2v) is 8.21. The molecule has 0 saturated carbocycles. The SMILES string of the molecule is COC(=O)C(C)c1ccc(-c2ccc3[nH]c(C)c(Sc4ccccc4)c3c2)cc1. The third-order valence-electron chi connectivity index (χ3n) is 5.19. The first-order chi connectivity index (χ1) is 14.1. The van der Waals surface area contributed by atoms with Crippen LogP contribution in [0.4, 0.5) is 0 Å². The average Bonchev–Trinajstić information content (AvgIpc) is 3.08. The first-order valence-corrected chi connectivity index (χ1v) is 10.4. The van der Waals surface area contributed by atoms with E-state index in [-0.39, 0.29) is 11.9 Å². The van der Waals surface area contributed by atoms with Crippen LogP contribution >= 0.6 is 11.8 Å². The van der Waals surface area contributed by atoms with Gasteiger partial charge >= 0.3 is 5.97 Å². The van der Waals surface area contributed by atoms with E-state index in [2.05, 4.69) is 66.5 Å². The molecule has 4 aromatic rings. The topological polar surface area (TPSA) is 42.1 Å². The summed E-state index contributed by atoms with van der Waals surface area (Å²) in [6, 6.07) is 25.1. The molecule has 0 saturated heterocycles. The van der Waals surface area contributed by atoms with Gasteiger partial charge in [-0.3, -0.25) is 4.79 Å². The van der Waals surface area contributed by atoms with Crippen LogP contribution in [0.25, 0.3) is 22.0 Å². The number of H-pyrrole nitrogens is 1. The van der Waals surface area contributed by atoms with Crippen LogP contribution in [-0.4, -0.2) is 18.1 Å². The van der Waals surface area contributed by atoms with Crippen LogP contribution in [0.5, 0.6) is 0 Å². The minimum absolute atomic E-state index is 0.218. The molecule has 0 radical (unpaired) electrons. The van der Waals surface area contributed by atoms with E-state index in [1.54, 1.807) is 11.8 Å². The van der Waals surface area contributed by atoms with E-state index in [0.717, 1.165) is 22.2 Å². The van der Waals surface area contributed by atoms with Gasteiger partial charge < -0.3 is 9.72 Å². The molecule has 4 heteroatoms. The van der Waals surface area contributed by atoms with Crippen molar-refractivity contribution < 1.29 is 9.53 Å². The first kappa shape index (κ1) is 19.3. The zero-order valence-corrected chi connectivity index (χ0v) is 17.5. The molecular formula is C25H23NO2S. The number of aryl methyl sites for hydroxylation is 1. The minimum Gasteiger partial charge on any atom is -0.469 e. The third kappa shape index (κ3) is 3.94. The number of methoxy groups -OCH3 is 1. The van der Waals surface area contributed by atoms with Crippen LogP contribution in [0.1, 0.15) is 24.1 Å². The number of aromatic amines is 1. The lowest BCUT2D eigenvalue weighted by atomic mass is 9.97. The van der Waals surface area contributed by atoms with Crippen LogP contribution in [-0.2, 0) is 9.53 Å². The molecule has 0 amide bonds. The summed E-state index contributed by atoms with van der Waals surface area (Å²) in [6.45, 7) is 3.98. The Balaban J connectivity index is 1.68. The molecule has 0 aliphatic heterocycles. The van der Waals surface area contributed by atoms with E-state index < -0.39 is 0 Å². The highest BCUT2D eigenvalue weighted by molar-refractivity contribution is 7.99. The van der Waals surface area contributed by atoms with E-state index >= 15 is 0 Å². The Labute approximate surface area is 175 Å². The van der Waals surface area contributed by atoms with Gasteiger partial charge in [-0.1, -0.05) is 60.3 Å². The molecule has 146 valence electrons. The lowest BCUT2D eigenvalue weighted by molar-refractivity contribution is -0.141. The van der Waals surface area contributed by atoms with Gasteiger partial charge in [-0.2, -0.15) is 0 Å². The number of carbonyl (C=O) groups excluding carboxylic acids is 1. The lowest BCUT2D eigenvalue weighted by Gasteiger charge is -2.10. The van der Waals surface area contributed by atoms with Crippen LogP contribution < -0.4 is 0 Å². The number of esters is 1. The van der Waals surface area contributed by atoms with Crippen molar-refractivity contribution in [3.05, 3.63) is 84.1 Å².